The number of cyclic esters (lactones) is 1. The van der Waals surface area contributed by atoms with E-state index in [0.717, 1.165) is 46.0 Å². The van der Waals surface area contributed by atoms with Gasteiger partial charge in [0.1, 0.15) is 36.8 Å². The number of aliphatic carboxylic acids is 1. The fourth-order valence-electron chi connectivity index (χ4n) is 8.30. The molecule has 0 aromatic heterocycles. The normalized spacial score (nSPS) is 16.4. The van der Waals surface area contributed by atoms with Gasteiger partial charge in [0, 0.05) is 6.42 Å². The summed E-state index contributed by atoms with van der Waals surface area (Å²) in [5.74, 6) is -11.8. The summed E-state index contributed by atoms with van der Waals surface area (Å²) in [6.07, 6.45) is 7.18. The van der Waals surface area contributed by atoms with Crippen LogP contribution in [0.4, 0.5) is 0 Å². The number of rotatable bonds is 47. The fraction of sp³-hybridized carbons (Fsp3) is 0.792. The SMILES string of the molecule is CCCCCCCCCCCCCCCC(=O)OCC(OC(=O)CCC(=O)ONC(CCCCN)C(=O)NC(C(=O)NC(C(=O)NC(CCCCN)C(=O)NC(CO)C(=O)O)C(C)O)C(C)O)C1OC(=O)C(OP(=O)(N(C)C)N(C)C)=C1O. The van der Waals surface area contributed by atoms with E-state index in [1.165, 1.54) is 82.5 Å². The number of ether oxygens (including phenoxy) is 3. The highest BCUT2D eigenvalue weighted by Crippen LogP contribution is 2.53. The number of unbranched alkanes of at least 4 members (excludes halogenated alkanes) is 14. The minimum absolute atomic E-state index is 0.0141. The largest absolute Gasteiger partial charge is 0.505 e. The lowest BCUT2D eigenvalue weighted by Gasteiger charge is -2.29. The van der Waals surface area contributed by atoms with Crippen molar-refractivity contribution in [3.05, 3.63) is 11.5 Å². The lowest BCUT2D eigenvalue weighted by atomic mass is 10.0. The van der Waals surface area contributed by atoms with Gasteiger partial charge in [-0.3, -0.25) is 33.6 Å². The smallest absolute Gasteiger partial charge is 0.395 e. The first kappa shape index (κ1) is 75.5. The molecule has 0 saturated heterocycles. The standard InChI is InChI=1S/C53H96N9O20P/c1-8-9-10-11-12-13-14-15-16-17-18-19-20-27-40(66)78-33-39(46-45(69)47(53(76)80-46)82-83(77,61(4)5)62(6)7)79-41(67)28-29-42(68)81-60-37(26-22-24-31-55)49(71)58-44(35(3)65)51(73)59-43(34(2)64)50(72)56-36(25-21-23-30-54)48(70)57-38(32-63)52(74)75/h34-39,43-44,46,60,63-65,69H,8-33,54-55H2,1-7H3,(H,56,72)(H,57,70)(H,58,71)(H,59,73)(H,74,75). The molecule has 0 aliphatic carbocycles. The summed E-state index contributed by atoms with van der Waals surface area (Å²) in [6, 6.07) is -8.20. The predicted molar refractivity (Wildman–Crippen MR) is 301 cm³/mol. The van der Waals surface area contributed by atoms with Crippen molar-refractivity contribution in [3.8, 4) is 0 Å². The van der Waals surface area contributed by atoms with Crippen LogP contribution in [0, 0.1) is 0 Å². The predicted octanol–water partition coefficient (Wildman–Crippen LogP) is 1.10. The number of nitrogens with two attached hydrogens (primary N) is 2. The Balaban J connectivity index is 3.14. The monoisotopic (exact) mass is 1210 g/mol. The molecule has 83 heavy (non-hydrogen) atoms. The Kier molecular flexibility index (Phi) is 37.7. The molecule has 9 atom stereocenters. The molecule has 0 fully saturated rings. The van der Waals surface area contributed by atoms with Crippen molar-refractivity contribution in [2.24, 2.45) is 11.5 Å². The number of aliphatic hydroxyl groups excluding tert-OH is 4. The van der Waals surface area contributed by atoms with Crippen LogP contribution in [0.1, 0.15) is 162 Å². The summed E-state index contributed by atoms with van der Waals surface area (Å²) in [7, 11) is 1.69. The number of carbonyl (C=O) groups excluding carboxylic acids is 8. The van der Waals surface area contributed by atoms with E-state index >= 15 is 0 Å². The quantitative estimate of drug-likeness (QED) is 0.0133. The number of carboxylic acids is 1. The Hall–Kier alpha value is -5.52. The van der Waals surface area contributed by atoms with Crippen LogP contribution in [0.15, 0.2) is 11.5 Å². The fourth-order valence-corrected chi connectivity index (χ4v) is 9.74. The van der Waals surface area contributed by atoms with Gasteiger partial charge in [-0.1, -0.05) is 84.0 Å². The van der Waals surface area contributed by atoms with E-state index in [1.54, 1.807) is 0 Å². The number of hydrogen-bond donors (Lipinski definition) is 12. The molecule has 4 amide bonds. The van der Waals surface area contributed by atoms with Crippen LogP contribution in [0.5, 0.6) is 0 Å². The van der Waals surface area contributed by atoms with Crippen molar-refractivity contribution in [2.75, 3.05) is 54.5 Å². The topological polar surface area (TPSA) is 437 Å². The van der Waals surface area contributed by atoms with Gasteiger partial charge in [-0.05, 0) is 100 Å². The maximum atomic E-state index is 13.7. The van der Waals surface area contributed by atoms with Crippen LogP contribution in [0.3, 0.4) is 0 Å². The first-order chi connectivity index (χ1) is 39.3. The molecular weight excluding hydrogens is 1110 g/mol. The van der Waals surface area contributed by atoms with E-state index in [2.05, 4.69) is 33.7 Å². The first-order valence-corrected chi connectivity index (χ1v) is 30.2. The Morgan fingerprint density at radius 1 is 0.627 bits per heavy atom. The van der Waals surface area contributed by atoms with Crippen LogP contribution in [0.25, 0.3) is 0 Å². The third kappa shape index (κ3) is 28.7. The van der Waals surface area contributed by atoms with Gasteiger partial charge in [-0.2, -0.15) is 0 Å². The van der Waals surface area contributed by atoms with Crippen LogP contribution >= 0.6 is 7.67 Å². The molecule has 0 radical (unpaired) electrons. The van der Waals surface area contributed by atoms with Crippen LogP contribution in [-0.4, -0.2) is 197 Å². The first-order valence-electron chi connectivity index (χ1n) is 28.7. The lowest BCUT2D eigenvalue weighted by molar-refractivity contribution is -0.172. The minimum Gasteiger partial charge on any atom is -0.505 e. The van der Waals surface area contributed by atoms with Crippen molar-refractivity contribution in [2.45, 2.75) is 217 Å². The second-order valence-corrected chi connectivity index (χ2v) is 23.6. The molecule has 0 bridgehead atoms. The van der Waals surface area contributed by atoms with E-state index in [0.29, 0.717) is 19.3 Å². The number of hydroxylamine groups is 1. The molecule has 0 aromatic rings. The molecule has 30 heteroatoms. The second-order valence-electron chi connectivity index (χ2n) is 20.8. The lowest BCUT2D eigenvalue weighted by Crippen LogP contribution is -2.62. The number of nitrogens with one attached hydrogen (secondary N) is 5. The zero-order chi connectivity index (χ0) is 62.7. The van der Waals surface area contributed by atoms with E-state index in [-0.39, 0.29) is 45.2 Å². The minimum atomic E-state index is -3.94. The van der Waals surface area contributed by atoms with E-state index in [1.807, 2.05) is 0 Å². The van der Waals surface area contributed by atoms with Gasteiger partial charge in [-0.15, -0.1) is 5.48 Å². The molecule has 478 valence electrons. The Morgan fingerprint density at radius 3 is 1.57 bits per heavy atom. The number of aliphatic hydroxyl groups is 4. The highest BCUT2D eigenvalue weighted by molar-refractivity contribution is 7.54. The molecule has 0 spiro atoms. The van der Waals surface area contributed by atoms with Crippen molar-refractivity contribution in [1.82, 2.24) is 36.1 Å². The molecule has 14 N–H and O–H groups in total. The van der Waals surface area contributed by atoms with Gasteiger partial charge in [0.25, 0.3) is 5.76 Å². The number of nitrogens with zero attached hydrogens (tertiary/aromatic N) is 2. The van der Waals surface area contributed by atoms with Crippen molar-refractivity contribution >= 4 is 61.1 Å². The Labute approximate surface area is 486 Å². The van der Waals surface area contributed by atoms with Crippen LogP contribution in [-0.2, 0) is 71.3 Å². The van der Waals surface area contributed by atoms with E-state index in [4.69, 9.17) is 35.0 Å². The third-order valence-corrected chi connectivity index (χ3v) is 15.7. The molecular formula is C53H96N9O20P. The zero-order valence-electron chi connectivity index (χ0n) is 49.4. The maximum absolute atomic E-state index is 13.7. The molecule has 29 nitrogen and oxygen atoms in total. The summed E-state index contributed by atoms with van der Waals surface area (Å²) in [5, 5.41) is 60.1. The van der Waals surface area contributed by atoms with E-state index in [9.17, 15) is 73.2 Å². The summed E-state index contributed by atoms with van der Waals surface area (Å²) in [4.78, 5) is 123. The Bertz CT molecular complexity index is 2110. The molecule has 1 rings (SSSR count). The van der Waals surface area contributed by atoms with Gasteiger partial charge >= 0.3 is 37.5 Å². The number of carbonyl (C=O) groups is 9. The molecule has 0 saturated carbocycles. The van der Waals surface area contributed by atoms with Crippen LogP contribution < -0.4 is 38.2 Å². The number of hydrogen-bond acceptors (Lipinski definition) is 22. The second kappa shape index (κ2) is 41.5. The summed E-state index contributed by atoms with van der Waals surface area (Å²) < 4.78 is 37.7. The van der Waals surface area contributed by atoms with Gasteiger partial charge in [0.2, 0.25) is 29.7 Å². The molecule has 1 heterocycles. The number of amides is 4. The molecule has 1 aliphatic heterocycles. The van der Waals surface area contributed by atoms with Crippen LogP contribution in [0.2, 0.25) is 0 Å². The van der Waals surface area contributed by atoms with Gasteiger partial charge in [0.05, 0.1) is 31.7 Å². The van der Waals surface area contributed by atoms with Crippen molar-refractivity contribution in [1.29, 1.82) is 0 Å². The van der Waals surface area contributed by atoms with Crippen molar-refractivity contribution in [3.63, 3.8) is 0 Å². The van der Waals surface area contributed by atoms with E-state index < -0.39 is 153 Å². The maximum Gasteiger partial charge on any atom is 0.395 e. The highest BCUT2D eigenvalue weighted by atomic mass is 31.2. The Morgan fingerprint density at radius 2 is 1.08 bits per heavy atom. The summed E-state index contributed by atoms with van der Waals surface area (Å²) >= 11 is 0. The zero-order valence-corrected chi connectivity index (χ0v) is 50.3. The van der Waals surface area contributed by atoms with Crippen molar-refractivity contribution < 1.29 is 96.8 Å². The number of esters is 3. The molecule has 1 aliphatic rings. The highest BCUT2D eigenvalue weighted by Gasteiger charge is 2.47. The third-order valence-electron chi connectivity index (χ3n) is 13.3. The summed E-state index contributed by atoms with van der Waals surface area (Å²) in [6.45, 7) is 3.17. The molecule has 9 unspecified atom stereocenters. The van der Waals surface area contributed by atoms with Gasteiger partial charge in [0.15, 0.2) is 11.9 Å². The van der Waals surface area contributed by atoms with Gasteiger partial charge in [-0.25, -0.2) is 23.5 Å². The average Bonchev–Trinajstić information content (AvgIpc) is 4.03. The number of carboxylic acid groups (broad SMARTS) is 1. The average molecular weight is 1210 g/mol. The molecule has 0 aromatic carbocycles. The summed E-state index contributed by atoms with van der Waals surface area (Å²) in [5.41, 5.74) is 13.5. The van der Waals surface area contributed by atoms with Gasteiger partial charge < -0.3 is 81.8 Å².